The van der Waals surface area contributed by atoms with E-state index in [0.717, 1.165) is 50.9 Å². The molecule has 1 aromatic carbocycles. The largest absolute Gasteiger partial charge is 0.369 e. The molecular formula is C14H20N4O2. The Labute approximate surface area is 118 Å². The molecule has 2 saturated heterocycles. The molecule has 6 heteroatoms. The molecule has 6 nitrogen and oxygen atoms in total. The summed E-state index contributed by atoms with van der Waals surface area (Å²) in [5.74, 6) is 0.820. The van der Waals surface area contributed by atoms with E-state index in [4.69, 9.17) is 0 Å². The molecule has 0 atom stereocenters. The van der Waals surface area contributed by atoms with E-state index >= 15 is 0 Å². The minimum absolute atomic E-state index is 0.157. The summed E-state index contributed by atoms with van der Waals surface area (Å²) in [6.45, 7) is 7.66. The minimum Gasteiger partial charge on any atom is -0.369 e. The molecule has 108 valence electrons. The summed E-state index contributed by atoms with van der Waals surface area (Å²) in [6.07, 6.45) is 0. The van der Waals surface area contributed by atoms with Crippen LogP contribution in [0.25, 0.3) is 0 Å². The summed E-state index contributed by atoms with van der Waals surface area (Å²) in [5, 5.41) is 14.0. The van der Waals surface area contributed by atoms with Gasteiger partial charge in [0.25, 0.3) is 5.69 Å². The molecule has 0 saturated carbocycles. The van der Waals surface area contributed by atoms with Gasteiger partial charge in [-0.2, -0.15) is 0 Å². The first-order chi connectivity index (χ1) is 9.72. The van der Waals surface area contributed by atoms with Gasteiger partial charge in [0.15, 0.2) is 0 Å². The molecule has 0 unspecified atom stereocenters. The zero-order valence-corrected chi connectivity index (χ0v) is 11.5. The summed E-state index contributed by atoms with van der Waals surface area (Å²) in [6, 6.07) is 6.87. The third-order valence-corrected chi connectivity index (χ3v) is 4.18. The molecule has 0 bridgehead atoms. The lowest BCUT2D eigenvalue weighted by Gasteiger charge is -2.39. The van der Waals surface area contributed by atoms with Crippen LogP contribution in [-0.4, -0.2) is 55.6 Å². The first kappa shape index (κ1) is 13.3. The van der Waals surface area contributed by atoms with Crippen molar-refractivity contribution >= 4 is 11.4 Å². The fourth-order valence-electron chi connectivity index (χ4n) is 2.82. The fourth-order valence-corrected chi connectivity index (χ4v) is 2.82. The van der Waals surface area contributed by atoms with Crippen molar-refractivity contribution in [1.82, 2.24) is 10.2 Å². The van der Waals surface area contributed by atoms with Crippen LogP contribution in [0.1, 0.15) is 0 Å². The average Bonchev–Trinajstić information content (AvgIpc) is 2.44. The van der Waals surface area contributed by atoms with Crippen molar-refractivity contribution in [3.05, 3.63) is 34.4 Å². The third kappa shape index (κ3) is 2.91. The van der Waals surface area contributed by atoms with E-state index in [2.05, 4.69) is 15.1 Å². The Bertz CT molecular complexity index is 465. The van der Waals surface area contributed by atoms with Crippen LogP contribution in [0.5, 0.6) is 0 Å². The molecule has 0 aliphatic carbocycles. The number of nitro benzene ring substituents is 1. The van der Waals surface area contributed by atoms with Crippen LogP contribution in [-0.2, 0) is 0 Å². The smallest absolute Gasteiger partial charge is 0.269 e. The number of benzene rings is 1. The van der Waals surface area contributed by atoms with Crippen LogP contribution in [0.15, 0.2) is 24.3 Å². The molecule has 2 aliphatic heterocycles. The predicted octanol–water partition coefficient (Wildman–Crippen LogP) is 0.936. The van der Waals surface area contributed by atoms with Gasteiger partial charge in [-0.3, -0.25) is 15.0 Å². The lowest BCUT2D eigenvalue weighted by molar-refractivity contribution is -0.384. The number of anilines is 1. The number of hydrogen-bond donors (Lipinski definition) is 1. The van der Waals surface area contributed by atoms with Crippen molar-refractivity contribution in [2.24, 2.45) is 5.92 Å². The van der Waals surface area contributed by atoms with E-state index in [0.29, 0.717) is 0 Å². The number of nitro groups is 1. The van der Waals surface area contributed by atoms with Gasteiger partial charge in [0.05, 0.1) is 4.92 Å². The maximum absolute atomic E-state index is 10.6. The molecule has 2 aliphatic rings. The van der Waals surface area contributed by atoms with E-state index in [-0.39, 0.29) is 10.6 Å². The normalized spacial score (nSPS) is 20.7. The molecule has 0 spiro atoms. The number of nitrogens with one attached hydrogen (secondary N) is 1. The summed E-state index contributed by atoms with van der Waals surface area (Å²) >= 11 is 0. The van der Waals surface area contributed by atoms with Gasteiger partial charge in [0.1, 0.15) is 0 Å². The van der Waals surface area contributed by atoms with Gasteiger partial charge in [0.2, 0.25) is 0 Å². The Kier molecular flexibility index (Phi) is 3.84. The standard InChI is InChI=1S/C14H20N4O2/c19-18(20)14-3-1-13(2-4-14)17-7-5-16(6-8-17)11-12-9-15-10-12/h1-4,12,15H,5-11H2. The highest BCUT2D eigenvalue weighted by Crippen LogP contribution is 2.21. The Balaban J connectivity index is 1.53. The summed E-state index contributed by atoms with van der Waals surface area (Å²) in [5.41, 5.74) is 1.24. The molecule has 0 amide bonds. The predicted molar refractivity (Wildman–Crippen MR) is 78.1 cm³/mol. The van der Waals surface area contributed by atoms with E-state index in [1.807, 2.05) is 12.1 Å². The van der Waals surface area contributed by atoms with Gasteiger partial charge in [-0.25, -0.2) is 0 Å². The highest BCUT2D eigenvalue weighted by atomic mass is 16.6. The van der Waals surface area contributed by atoms with Crippen molar-refractivity contribution in [2.75, 3.05) is 50.7 Å². The fraction of sp³-hybridized carbons (Fsp3) is 0.571. The Morgan fingerprint density at radius 1 is 1.15 bits per heavy atom. The van der Waals surface area contributed by atoms with Gasteiger partial charge in [-0.1, -0.05) is 0 Å². The van der Waals surface area contributed by atoms with Crippen LogP contribution in [0, 0.1) is 16.0 Å². The molecule has 1 N–H and O–H groups in total. The topological polar surface area (TPSA) is 61.7 Å². The van der Waals surface area contributed by atoms with E-state index in [9.17, 15) is 10.1 Å². The number of hydrogen-bond acceptors (Lipinski definition) is 5. The monoisotopic (exact) mass is 276 g/mol. The molecule has 2 fully saturated rings. The van der Waals surface area contributed by atoms with Crippen LogP contribution < -0.4 is 10.2 Å². The highest BCUT2D eigenvalue weighted by Gasteiger charge is 2.23. The van der Waals surface area contributed by atoms with Gasteiger partial charge < -0.3 is 10.2 Å². The van der Waals surface area contributed by atoms with Crippen molar-refractivity contribution in [2.45, 2.75) is 0 Å². The summed E-state index contributed by atoms with van der Waals surface area (Å²) in [4.78, 5) is 15.1. The number of piperazine rings is 1. The van der Waals surface area contributed by atoms with Crippen molar-refractivity contribution in [3.63, 3.8) is 0 Å². The lowest BCUT2D eigenvalue weighted by Crippen LogP contribution is -2.53. The third-order valence-electron chi connectivity index (χ3n) is 4.18. The molecule has 20 heavy (non-hydrogen) atoms. The SMILES string of the molecule is O=[N+]([O-])c1ccc(N2CCN(CC3CNC3)CC2)cc1. The molecule has 2 heterocycles. The molecule has 0 radical (unpaired) electrons. The molecular weight excluding hydrogens is 256 g/mol. The van der Waals surface area contributed by atoms with Crippen molar-refractivity contribution < 1.29 is 4.92 Å². The van der Waals surface area contributed by atoms with Crippen molar-refractivity contribution in [1.29, 1.82) is 0 Å². The zero-order chi connectivity index (χ0) is 13.9. The Morgan fingerprint density at radius 2 is 1.80 bits per heavy atom. The van der Waals surface area contributed by atoms with Crippen LogP contribution >= 0.6 is 0 Å². The lowest BCUT2D eigenvalue weighted by atomic mass is 10.0. The maximum Gasteiger partial charge on any atom is 0.269 e. The van der Waals surface area contributed by atoms with Crippen LogP contribution in [0.3, 0.4) is 0 Å². The second kappa shape index (κ2) is 5.76. The van der Waals surface area contributed by atoms with Crippen LogP contribution in [0.4, 0.5) is 11.4 Å². The van der Waals surface area contributed by atoms with E-state index in [1.54, 1.807) is 12.1 Å². The van der Waals surface area contributed by atoms with Gasteiger partial charge >= 0.3 is 0 Å². The van der Waals surface area contributed by atoms with Gasteiger partial charge in [0, 0.05) is 63.6 Å². The minimum atomic E-state index is -0.353. The van der Waals surface area contributed by atoms with E-state index < -0.39 is 0 Å². The first-order valence-electron chi connectivity index (χ1n) is 7.15. The first-order valence-corrected chi connectivity index (χ1v) is 7.15. The van der Waals surface area contributed by atoms with Gasteiger partial charge in [-0.05, 0) is 18.1 Å². The molecule has 0 aromatic heterocycles. The number of rotatable bonds is 4. The zero-order valence-electron chi connectivity index (χ0n) is 11.5. The number of non-ortho nitro benzene ring substituents is 1. The Hall–Kier alpha value is -1.66. The Morgan fingerprint density at radius 3 is 2.30 bits per heavy atom. The summed E-state index contributed by atoms with van der Waals surface area (Å²) in [7, 11) is 0. The highest BCUT2D eigenvalue weighted by molar-refractivity contribution is 5.51. The second-order valence-corrected chi connectivity index (χ2v) is 5.59. The van der Waals surface area contributed by atoms with Crippen molar-refractivity contribution in [3.8, 4) is 0 Å². The molecule has 1 aromatic rings. The quantitative estimate of drug-likeness (QED) is 0.655. The van der Waals surface area contributed by atoms with Gasteiger partial charge in [-0.15, -0.1) is 0 Å². The summed E-state index contributed by atoms with van der Waals surface area (Å²) < 4.78 is 0. The second-order valence-electron chi connectivity index (χ2n) is 5.59. The number of nitrogens with zero attached hydrogens (tertiary/aromatic N) is 3. The molecule has 3 rings (SSSR count). The maximum atomic E-state index is 10.6. The van der Waals surface area contributed by atoms with Crippen LogP contribution in [0.2, 0.25) is 0 Å². The average molecular weight is 276 g/mol. The van der Waals surface area contributed by atoms with E-state index in [1.165, 1.54) is 6.54 Å².